The molecule has 5 amide bonds. The lowest BCUT2D eigenvalue weighted by Gasteiger charge is -2.38. The van der Waals surface area contributed by atoms with Crippen LogP contribution < -0.4 is 25.4 Å². The van der Waals surface area contributed by atoms with Gasteiger partial charge in [-0.1, -0.05) is 73.2 Å². The minimum Gasteiger partial charge on any atom is -0.497 e. The largest absolute Gasteiger partial charge is 0.497 e. The highest BCUT2D eigenvalue weighted by Gasteiger charge is 2.46. The highest BCUT2D eigenvalue weighted by molar-refractivity contribution is 6.30. The number of pyridine rings is 1. The second kappa shape index (κ2) is 26.2. The SMILES string of the molecule is COc1ccc(C2=N[C@@H](c3ccc(Cl)cc3)[C@@H](c3ccc(Cl)cc3)N2C(=O)N2CCN(CCCCCCCCC(=O)NCCn3nc(C#N)c4c3CN(C)C(=O)c3ccc(F)cc3[C@H]3CCCN3c3cc-4cnc3N)C(=O)C2)c(OC(C)C)c1. The van der Waals surface area contributed by atoms with E-state index in [0.717, 1.165) is 49.7 Å². The summed E-state index contributed by atoms with van der Waals surface area (Å²) in [6, 6.07) is 26.9. The van der Waals surface area contributed by atoms with Crippen LogP contribution in [0.3, 0.4) is 0 Å². The van der Waals surface area contributed by atoms with Gasteiger partial charge in [0.1, 0.15) is 47.6 Å². The van der Waals surface area contributed by atoms with E-state index in [1.165, 1.54) is 18.2 Å². The molecular weight excluding hydrogens is 1110 g/mol. The number of amides is 5. The minimum absolute atomic E-state index is 0.0777. The number of carbonyl (C=O) groups excluding carboxylic acids is 4. The maximum Gasteiger partial charge on any atom is 0.326 e. The molecule has 2 saturated heterocycles. The Bertz CT molecular complexity index is 3500. The van der Waals surface area contributed by atoms with Crippen molar-refractivity contribution in [3.8, 4) is 28.7 Å². The number of unbranched alkanes of at least 4 members (excludes halogenated alkanes) is 5. The Labute approximate surface area is 498 Å². The van der Waals surface area contributed by atoms with Crippen molar-refractivity contribution in [1.29, 1.82) is 5.26 Å². The van der Waals surface area contributed by atoms with E-state index in [1.807, 2.05) is 73.3 Å². The summed E-state index contributed by atoms with van der Waals surface area (Å²) in [5.41, 5.74) is 12.2. The van der Waals surface area contributed by atoms with E-state index in [9.17, 15) is 24.0 Å². The maximum atomic E-state index is 15.2. The highest BCUT2D eigenvalue weighted by Crippen LogP contribution is 2.47. The molecule has 3 N–H and O–H groups in total. The zero-order chi connectivity index (χ0) is 59.2. The smallest absolute Gasteiger partial charge is 0.326 e. The van der Waals surface area contributed by atoms with Crippen LogP contribution in [0.5, 0.6) is 11.5 Å². The van der Waals surface area contributed by atoms with Gasteiger partial charge in [0.15, 0.2) is 5.69 Å². The molecule has 21 heteroatoms. The molecule has 4 aromatic carbocycles. The van der Waals surface area contributed by atoms with Gasteiger partial charge in [0.25, 0.3) is 5.91 Å². The number of urea groups is 1. The van der Waals surface area contributed by atoms with Crippen LogP contribution in [0.15, 0.2) is 102 Å². The lowest BCUT2D eigenvalue weighted by molar-refractivity contribution is -0.135. The maximum absolute atomic E-state index is 15.2. The van der Waals surface area contributed by atoms with Crippen molar-refractivity contribution in [1.82, 2.24) is 39.7 Å². The number of carbonyl (C=O) groups is 4. The van der Waals surface area contributed by atoms with Crippen molar-refractivity contribution >= 4 is 64.3 Å². The predicted molar refractivity (Wildman–Crippen MR) is 321 cm³/mol. The van der Waals surface area contributed by atoms with Gasteiger partial charge < -0.3 is 40.1 Å². The molecule has 84 heavy (non-hydrogen) atoms. The van der Waals surface area contributed by atoms with Crippen molar-refractivity contribution in [2.75, 3.05) is 64.1 Å². The quantitative estimate of drug-likeness (QED) is 0.0774. The Morgan fingerprint density at radius 1 is 0.869 bits per heavy atom. The number of nitrogens with two attached hydrogens (primary N) is 1. The third-order valence-corrected chi connectivity index (χ3v) is 16.6. The Morgan fingerprint density at radius 3 is 2.30 bits per heavy atom. The number of benzene rings is 4. The zero-order valence-electron chi connectivity index (χ0n) is 47.7. The first kappa shape index (κ1) is 59.0. The molecule has 6 heterocycles. The molecule has 0 saturated carbocycles. The van der Waals surface area contributed by atoms with E-state index < -0.39 is 17.9 Å². The Balaban J connectivity index is 0.717. The number of rotatable bonds is 18. The predicted octanol–water partition coefficient (Wildman–Crippen LogP) is 10.9. The molecule has 10 rings (SSSR count). The number of anilines is 2. The Kier molecular flexibility index (Phi) is 18.4. The molecule has 2 aromatic heterocycles. The van der Waals surface area contributed by atoms with Gasteiger partial charge in [0.05, 0.1) is 55.3 Å². The average Bonchev–Trinajstić information content (AvgIpc) is 4.09. The van der Waals surface area contributed by atoms with Crippen molar-refractivity contribution in [3.63, 3.8) is 0 Å². The number of hydrogen-bond acceptors (Lipinski definition) is 12. The van der Waals surface area contributed by atoms with Crippen LogP contribution in [0.25, 0.3) is 11.1 Å². The van der Waals surface area contributed by atoms with Crippen LogP contribution in [0.4, 0.5) is 20.7 Å². The number of hydrogen-bond donors (Lipinski definition) is 2. The lowest BCUT2D eigenvalue weighted by atomic mass is 9.93. The van der Waals surface area contributed by atoms with Gasteiger partial charge >= 0.3 is 6.03 Å². The number of nitrogen functional groups attached to an aromatic ring is 1. The van der Waals surface area contributed by atoms with Crippen LogP contribution in [0.2, 0.25) is 10.0 Å². The molecule has 18 nitrogen and oxygen atoms in total. The summed E-state index contributed by atoms with van der Waals surface area (Å²) in [7, 11) is 3.26. The summed E-state index contributed by atoms with van der Waals surface area (Å²) in [5, 5.41) is 19.2. The minimum atomic E-state index is -0.609. The van der Waals surface area contributed by atoms with Gasteiger partial charge in [-0.05, 0) is 117 Å². The van der Waals surface area contributed by atoms with Crippen LogP contribution in [-0.2, 0) is 22.7 Å². The van der Waals surface area contributed by atoms with E-state index in [0.29, 0.717) is 112 Å². The molecule has 2 bridgehead atoms. The van der Waals surface area contributed by atoms with E-state index >= 15 is 4.79 Å². The summed E-state index contributed by atoms with van der Waals surface area (Å²) in [4.78, 5) is 75.0. The fourth-order valence-electron chi connectivity index (χ4n) is 11.9. The molecule has 0 unspecified atom stereocenters. The number of halogens is 3. The van der Waals surface area contributed by atoms with E-state index in [2.05, 4.69) is 26.4 Å². The van der Waals surface area contributed by atoms with E-state index in [-0.39, 0.29) is 73.6 Å². The lowest BCUT2D eigenvalue weighted by Crippen LogP contribution is -2.56. The molecular formula is C63H69Cl2FN12O6. The van der Waals surface area contributed by atoms with Crippen LogP contribution in [0.1, 0.15) is 134 Å². The third kappa shape index (κ3) is 12.8. The number of fused-ring (bicyclic) bond motifs is 8. The van der Waals surface area contributed by atoms with E-state index in [1.54, 1.807) is 57.9 Å². The Hall–Kier alpha value is -8.21. The van der Waals surface area contributed by atoms with E-state index in [4.69, 9.17) is 43.4 Å². The first-order valence-electron chi connectivity index (χ1n) is 28.7. The second-order valence-electron chi connectivity index (χ2n) is 22.0. The summed E-state index contributed by atoms with van der Waals surface area (Å²) in [6.07, 6.45) is 8.37. The number of nitrogens with zero attached hydrogens (tertiary/aromatic N) is 10. The first-order valence-corrected chi connectivity index (χ1v) is 29.5. The van der Waals surface area contributed by atoms with Gasteiger partial charge in [-0.3, -0.25) is 29.0 Å². The normalized spacial score (nSPS) is 17.7. The highest BCUT2D eigenvalue weighted by atomic mass is 35.5. The van der Waals surface area contributed by atoms with Crippen molar-refractivity contribution in [2.45, 2.75) is 109 Å². The fraction of sp³-hybridized carbons (Fsp3) is 0.397. The third-order valence-electron chi connectivity index (χ3n) is 16.1. The number of amidine groups is 1. The van der Waals surface area contributed by atoms with Gasteiger partial charge in [0, 0.05) is 85.2 Å². The molecule has 438 valence electrons. The Morgan fingerprint density at radius 2 is 1.58 bits per heavy atom. The number of aliphatic imine (C=N–C) groups is 1. The molecule has 3 atom stereocenters. The standard InChI is InChI=1S/C63H69Cl2FN12O6/c1-39(2)84-54-34-46(83-4)23-25-48(54)61-71-58(40-14-18-43(64)19-15-40)59(41-16-20-44(65)21-17-41)78(61)63(82)75-31-30-74(56(80)38-75)27-10-8-6-5-7-9-13-55(79)69-26-29-77-53-37-73(3)62(81)47-24-22-45(66)33-49(47)51-12-11-28-76(51)52-32-42(36-70-60(52)68)57(53)50(35-67)72-77/h14-25,32-34,36,39,51,58-59H,5-13,26-31,37-38H2,1-4H3,(H2,68,70)(H,69,79)/t51-,58+,59-/m1/s1. The zero-order valence-corrected chi connectivity index (χ0v) is 49.2. The van der Waals surface area contributed by atoms with Gasteiger partial charge in [-0.2, -0.15) is 10.4 Å². The molecule has 2 fully saturated rings. The summed E-state index contributed by atoms with van der Waals surface area (Å²) >= 11 is 12.8. The molecule has 0 radical (unpaired) electrons. The molecule has 0 aliphatic carbocycles. The van der Waals surface area contributed by atoms with Crippen LogP contribution >= 0.6 is 23.2 Å². The average molecular weight is 1180 g/mol. The summed E-state index contributed by atoms with van der Waals surface area (Å²) in [5.74, 6) is 0.809. The first-order chi connectivity index (χ1) is 40.6. The van der Waals surface area contributed by atoms with Crippen molar-refractivity contribution in [3.05, 3.63) is 152 Å². The van der Waals surface area contributed by atoms with Gasteiger partial charge in [-0.15, -0.1) is 0 Å². The van der Waals surface area contributed by atoms with Crippen LogP contribution in [-0.4, -0.2) is 123 Å². The van der Waals surface area contributed by atoms with Crippen molar-refractivity contribution in [2.24, 2.45) is 4.99 Å². The summed E-state index contributed by atoms with van der Waals surface area (Å²) in [6.45, 7) is 6.22. The number of piperazine rings is 1. The second-order valence-corrected chi connectivity index (χ2v) is 22.9. The number of nitriles is 1. The van der Waals surface area contributed by atoms with Crippen molar-refractivity contribution < 1.29 is 33.0 Å². The number of methoxy groups -OCH3 is 1. The fourth-order valence-corrected chi connectivity index (χ4v) is 12.2. The summed E-state index contributed by atoms with van der Waals surface area (Å²) < 4.78 is 28.4. The molecule has 4 aliphatic heterocycles. The molecule has 0 spiro atoms. The van der Waals surface area contributed by atoms with Gasteiger partial charge in [0.2, 0.25) is 11.8 Å². The number of nitrogens with one attached hydrogen (secondary N) is 1. The van der Waals surface area contributed by atoms with Crippen LogP contribution in [0, 0.1) is 17.1 Å². The molecule has 6 aromatic rings. The van der Waals surface area contributed by atoms with Gasteiger partial charge in [-0.25, -0.2) is 14.2 Å². The number of ether oxygens (including phenoxy) is 2. The molecule has 4 aliphatic rings. The number of aromatic nitrogens is 3. The topological polar surface area (TPSA) is 208 Å². The monoisotopic (exact) mass is 1180 g/mol.